The van der Waals surface area contributed by atoms with E-state index in [2.05, 4.69) is 5.32 Å². The molecule has 0 aliphatic rings. The van der Waals surface area contributed by atoms with Gasteiger partial charge in [0.15, 0.2) is 4.90 Å². The average Bonchev–Trinajstić information content (AvgIpc) is 2.45. The molecule has 1 atom stereocenters. The van der Waals surface area contributed by atoms with Crippen LogP contribution < -0.4 is 5.32 Å². The van der Waals surface area contributed by atoms with Gasteiger partial charge in [0.2, 0.25) is 10.0 Å². The first-order valence-corrected chi connectivity index (χ1v) is 9.02. The lowest BCUT2D eigenvalue weighted by Crippen LogP contribution is -2.36. The predicted molar refractivity (Wildman–Crippen MR) is 85.4 cm³/mol. The van der Waals surface area contributed by atoms with E-state index in [4.69, 9.17) is 0 Å². The Bertz CT molecular complexity index is 619. The number of rotatable bonds is 7. The van der Waals surface area contributed by atoms with Gasteiger partial charge in [0.25, 0.3) is 5.69 Å². The van der Waals surface area contributed by atoms with Crippen molar-refractivity contribution in [1.29, 1.82) is 0 Å². The Labute approximate surface area is 128 Å². The average molecular weight is 333 g/mol. The maximum Gasteiger partial charge on any atom is 0.289 e. The van der Waals surface area contributed by atoms with Gasteiger partial charge >= 0.3 is 0 Å². The van der Waals surface area contributed by atoms with Crippen molar-refractivity contribution in [3.8, 4) is 0 Å². The Morgan fingerprint density at radius 2 is 2.10 bits per heavy atom. The van der Waals surface area contributed by atoms with E-state index in [1.54, 1.807) is 14.0 Å². The van der Waals surface area contributed by atoms with Crippen molar-refractivity contribution in [2.24, 2.45) is 0 Å². The van der Waals surface area contributed by atoms with Crippen LogP contribution in [0.15, 0.2) is 23.1 Å². The number of nitro benzene ring substituents is 1. The lowest BCUT2D eigenvalue weighted by Gasteiger charge is -2.23. The quantitative estimate of drug-likeness (QED) is 0.606. The highest BCUT2D eigenvalue weighted by atomic mass is 32.2. The molecule has 0 amide bonds. The summed E-state index contributed by atoms with van der Waals surface area (Å²) in [5.74, 6) is 0.606. The third kappa shape index (κ3) is 3.86. The Hall–Kier alpha value is -1.32. The molecule has 1 unspecified atom stereocenters. The molecular weight excluding hydrogens is 314 g/mol. The molecule has 0 aliphatic heterocycles. The van der Waals surface area contributed by atoms with Crippen LogP contribution in [0.2, 0.25) is 0 Å². The van der Waals surface area contributed by atoms with Crippen molar-refractivity contribution in [3.05, 3.63) is 28.3 Å². The number of anilines is 1. The molecule has 0 aromatic heterocycles. The molecule has 0 spiro atoms. The normalized spacial score (nSPS) is 13.2. The van der Waals surface area contributed by atoms with E-state index in [9.17, 15) is 18.5 Å². The zero-order chi connectivity index (χ0) is 16.2. The summed E-state index contributed by atoms with van der Waals surface area (Å²) in [6.07, 6.45) is 1.88. The number of benzene rings is 1. The van der Waals surface area contributed by atoms with Crippen LogP contribution in [0.25, 0.3) is 0 Å². The highest BCUT2D eigenvalue weighted by Crippen LogP contribution is 2.30. The van der Waals surface area contributed by atoms with E-state index in [0.29, 0.717) is 11.4 Å². The summed E-state index contributed by atoms with van der Waals surface area (Å²) < 4.78 is 26.4. The van der Waals surface area contributed by atoms with Crippen LogP contribution in [-0.2, 0) is 10.0 Å². The van der Waals surface area contributed by atoms with Gasteiger partial charge in [-0.15, -0.1) is 0 Å². The summed E-state index contributed by atoms with van der Waals surface area (Å²) in [5.41, 5.74) is 0.0855. The molecule has 1 rings (SSSR count). The topological polar surface area (TPSA) is 92.5 Å². The van der Waals surface area contributed by atoms with Crippen LogP contribution in [0.4, 0.5) is 11.4 Å². The maximum absolute atomic E-state index is 12.6. The van der Waals surface area contributed by atoms with Crippen molar-refractivity contribution < 1.29 is 13.3 Å². The molecule has 0 saturated carbocycles. The van der Waals surface area contributed by atoms with Gasteiger partial charge in [-0.3, -0.25) is 10.1 Å². The van der Waals surface area contributed by atoms with Crippen LogP contribution in [-0.4, -0.2) is 49.8 Å². The summed E-state index contributed by atoms with van der Waals surface area (Å²) in [6, 6.07) is 3.70. The SMILES string of the molecule is CNc1ccc([N+](=O)[O-])c(S(=O)(=O)N(C)C(C)CSC)c1. The number of thioether (sulfide) groups is 1. The molecule has 0 radical (unpaired) electrons. The van der Waals surface area contributed by atoms with Gasteiger partial charge in [-0.25, -0.2) is 8.42 Å². The number of nitro groups is 1. The van der Waals surface area contributed by atoms with Gasteiger partial charge in [-0.05, 0) is 25.3 Å². The highest BCUT2D eigenvalue weighted by molar-refractivity contribution is 7.98. The van der Waals surface area contributed by atoms with E-state index in [-0.39, 0.29) is 10.9 Å². The third-order valence-corrected chi connectivity index (χ3v) is 5.95. The molecule has 1 aromatic carbocycles. The summed E-state index contributed by atoms with van der Waals surface area (Å²) in [7, 11) is -0.871. The van der Waals surface area contributed by atoms with Gasteiger partial charge < -0.3 is 5.32 Å². The largest absolute Gasteiger partial charge is 0.388 e. The maximum atomic E-state index is 12.6. The third-order valence-electron chi connectivity index (χ3n) is 3.13. The van der Waals surface area contributed by atoms with Crippen molar-refractivity contribution in [3.63, 3.8) is 0 Å². The standard InChI is InChI=1S/C12H19N3O4S2/c1-9(8-20-4)14(3)21(18,19)12-7-10(13-2)5-6-11(12)15(16)17/h5-7,9,13H,8H2,1-4H3. The van der Waals surface area contributed by atoms with Gasteiger partial charge in [-0.2, -0.15) is 16.1 Å². The molecular formula is C12H19N3O4S2. The molecule has 0 bridgehead atoms. The van der Waals surface area contributed by atoms with Crippen molar-refractivity contribution >= 4 is 33.2 Å². The second-order valence-corrected chi connectivity index (χ2v) is 7.39. The molecule has 118 valence electrons. The van der Waals surface area contributed by atoms with Crippen LogP contribution in [0.5, 0.6) is 0 Å². The van der Waals surface area contributed by atoms with Crippen LogP contribution in [0, 0.1) is 10.1 Å². The molecule has 0 fully saturated rings. The van der Waals surface area contributed by atoms with Gasteiger partial charge in [0, 0.05) is 37.6 Å². The van der Waals surface area contributed by atoms with E-state index in [1.165, 1.54) is 41.3 Å². The second kappa shape index (κ2) is 7.10. The van der Waals surface area contributed by atoms with Crippen LogP contribution in [0.1, 0.15) is 6.92 Å². The number of nitrogens with zero attached hydrogens (tertiary/aromatic N) is 2. The van der Waals surface area contributed by atoms with Gasteiger partial charge in [0.1, 0.15) is 0 Å². The molecule has 0 heterocycles. The first kappa shape index (κ1) is 17.7. The lowest BCUT2D eigenvalue weighted by molar-refractivity contribution is -0.387. The van der Waals surface area contributed by atoms with E-state index in [0.717, 1.165) is 0 Å². The minimum Gasteiger partial charge on any atom is -0.388 e. The first-order valence-electron chi connectivity index (χ1n) is 6.18. The number of nitrogens with one attached hydrogen (secondary N) is 1. The fraction of sp³-hybridized carbons (Fsp3) is 0.500. The second-order valence-electron chi connectivity index (χ2n) is 4.52. The first-order chi connectivity index (χ1) is 9.75. The molecule has 0 saturated heterocycles. The summed E-state index contributed by atoms with van der Waals surface area (Å²) in [5, 5.41) is 13.9. The Morgan fingerprint density at radius 1 is 1.48 bits per heavy atom. The van der Waals surface area contributed by atoms with Crippen LogP contribution in [0.3, 0.4) is 0 Å². The predicted octanol–water partition coefficient (Wildman–Crippen LogP) is 2.01. The summed E-state index contributed by atoms with van der Waals surface area (Å²) in [6.45, 7) is 1.77. The van der Waals surface area contributed by atoms with Crippen molar-refractivity contribution in [1.82, 2.24) is 4.31 Å². The monoisotopic (exact) mass is 333 g/mol. The summed E-state index contributed by atoms with van der Waals surface area (Å²) >= 11 is 1.52. The molecule has 0 aliphatic carbocycles. The van der Waals surface area contributed by atoms with E-state index in [1.807, 2.05) is 6.26 Å². The van der Waals surface area contributed by atoms with Crippen molar-refractivity contribution in [2.45, 2.75) is 17.9 Å². The number of hydrogen-bond acceptors (Lipinski definition) is 6. The number of sulfonamides is 1. The van der Waals surface area contributed by atoms with E-state index < -0.39 is 20.6 Å². The van der Waals surface area contributed by atoms with Crippen molar-refractivity contribution in [2.75, 3.05) is 31.4 Å². The summed E-state index contributed by atoms with van der Waals surface area (Å²) in [4.78, 5) is 10.1. The lowest BCUT2D eigenvalue weighted by atomic mass is 10.3. The minimum absolute atomic E-state index is 0.261. The highest BCUT2D eigenvalue weighted by Gasteiger charge is 2.32. The van der Waals surface area contributed by atoms with Crippen LogP contribution >= 0.6 is 11.8 Å². The van der Waals surface area contributed by atoms with Gasteiger partial charge in [-0.1, -0.05) is 0 Å². The zero-order valence-electron chi connectivity index (χ0n) is 12.4. The molecule has 21 heavy (non-hydrogen) atoms. The molecule has 1 aromatic rings. The fourth-order valence-electron chi connectivity index (χ4n) is 1.77. The molecule has 7 nitrogen and oxygen atoms in total. The Balaban J connectivity index is 3.38. The Morgan fingerprint density at radius 3 is 2.57 bits per heavy atom. The Kier molecular flexibility index (Phi) is 5.99. The molecule has 1 N–H and O–H groups in total. The number of hydrogen-bond donors (Lipinski definition) is 1. The van der Waals surface area contributed by atoms with Gasteiger partial charge in [0.05, 0.1) is 4.92 Å². The van der Waals surface area contributed by atoms with E-state index >= 15 is 0 Å². The minimum atomic E-state index is -3.93. The zero-order valence-corrected chi connectivity index (χ0v) is 14.0. The fourth-order valence-corrected chi connectivity index (χ4v) is 4.11. The molecule has 9 heteroatoms. The smallest absolute Gasteiger partial charge is 0.289 e.